The van der Waals surface area contributed by atoms with E-state index in [1.807, 2.05) is 0 Å². The van der Waals surface area contributed by atoms with E-state index in [9.17, 15) is 5.11 Å². The monoisotopic (exact) mass is 262 g/mol. The van der Waals surface area contributed by atoms with Crippen molar-refractivity contribution in [1.29, 1.82) is 0 Å². The van der Waals surface area contributed by atoms with Crippen molar-refractivity contribution in [3.05, 3.63) is 35.9 Å². The molecule has 0 radical (unpaired) electrons. The van der Waals surface area contributed by atoms with E-state index in [0.717, 1.165) is 19.5 Å². The Balaban J connectivity index is 2.17. The molecule has 3 nitrogen and oxygen atoms in total. The summed E-state index contributed by atoms with van der Waals surface area (Å²) in [4.78, 5) is 2.53. The van der Waals surface area contributed by atoms with E-state index in [1.165, 1.54) is 5.56 Å². The van der Waals surface area contributed by atoms with Gasteiger partial charge in [-0.1, -0.05) is 30.3 Å². The Morgan fingerprint density at radius 1 is 1.37 bits per heavy atom. The highest BCUT2D eigenvalue weighted by Crippen LogP contribution is 2.28. The van der Waals surface area contributed by atoms with Crippen LogP contribution in [0.4, 0.5) is 0 Å². The maximum atomic E-state index is 9.26. The summed E-state index contributed by atoms with van der Waals surface area (Å²) >= 11 is 0. The first-order valence-corrected chi connectivity index (χ1v) is 7.20. The van der Waals surface area contributed by atoms with Gasteiger partial charge < -0.3 is 10.4 Å². The highest BCUT2D eigenvalue weighted by molar-refractivity contribution is 5.19. The van der Waals surface area contributed by atoms with Crippen molar-refractivity contribution in [3.63, 3.8) is 0 Å². The zero-order valence-corrected chi connectivity index (χ0v) is 12.3. The van der Waals surface area contributed by atoms with Crippen LogP contribution in [0.15, 0.2) is 30.3 Å². The zero-order valence-electron chi connectivity index (χ0n) is 12.3. The van der Waals surface area contributed by atoms with Gasteiger partial charge in [-0.25, -0.2) is 0 Å². The van der Waals surface area contributed by atoms with Gasteiger partial charge in [0, 0.05) is 37.3 Å². The Bertz CT molecular complexity index is 391. The summed E-state index contributed by atoms with van der Waals surface area (Å²) in [6, 6.07) is 11.4. The Labute approximate surface area is 116 Å². The number of nitrogens with one attached hydrogen (secondary N) is 1. The molecular weight excluding hydrogens is 236 g/mol. The van der Waals surface area contributed by atoms with Gasteiger partial charge in [0.2, 0.25) is 0 Å². The third-order valence-corrected chi connectivity index (χ3v) is 4.10. The molecule has 3 heteroatoms. The standard InChI is InChI=1S/C16H26N2O/c1-13(14-7-5-4-6-8-14)18-12-16(2,3)17-11-15(18)9-10-19/h4-8,13,15,17,19H,9-12H2,1-3H3. The number of hydrogen-bond donors (Lipinski definition) is 2. The number of benzene rings is 1. The van der Waals surface area contributed by atoms with Gasteiger partial charge >= 0.3 is 0 Å². The maximum Gasteiger partial charge on any atom is 0.0446 e. The second-order valence-corrected chi connectivity index (χ2v) is 6.19. The molecule has 0 aromatic heterocycles. The van der Waals surface area contributed by atoms with Crippen LogP contribution in [0.2, 0.25) is 0 Å². The van der Waals surface area contributed by atoms with Crippen LogP contribution in [0.1, 0.15) is 38.8 Å². The van der Waals surface area contributed by atoms with E-state index in [-0.39, 0.29) is 12.1 Å². The maximum absolute atomic E-state index is 9.26. The van der Waals surface area contributed by atoms with Crippen molar-refractivity contribution in [1.82, 2.24) is 10.2 Å². The van der Waals surface area contributed by atoms with Crippen LogP contribution in [0.5, 0.6) is 0 Å². The van der Waals surface area contributed by atoms with Gasteiger partial charge in [-0.15, -0.1) is 0 Å². The molecule has 1 aromatic carbocycles. The lowest BCUT2D eigenvalue weighted by Gasteiger charge is -2.47. The molecule has 106 valence electrons. The Morgan fingerprint density at radius 3 is 2.68 bits per heavy atom. The third-order valence-electron chi connectivity index (χ3n) is 4.10. The first-order valence-electron chi connectivity index (χ1n) is 7.20. The van der Waals surface area contributed by atoms with Gasteiger partial charge in [0.1, 0.15) is 0 Å². The summed E-state index contributed by atoms with van der Waals surface area (Å²) in [5.74, 6) is 0. The van der Waals surface area contributed by atoms with Crippen LogP contribution in [-0.4, -0.2) is 41.3 Å². The van der Waals surface area contributed by atoms with E-state index in [1.54, 1.807) is 0 Å². The zero-order chi connectivity index (χ0) is 13.9. The quantitative estimate of drug-likeness (QED) is 0.873. The summed E-state index contributed by atoms with van der Waals surface area (Å²) in [6.45, 7) is 8.96. The average Bonchev–Trinajstić information content (AvgIpc) is 2.41. The van der Waals surface area contributed by atoms with Crippen LogP contribution in [0.25, 0.3) is 0 Å². The minimum absolute atomic E-state index is 0.134. The molecule has 0 spiro atoms. The summed E-state index contributed by atoms with van der Waals surface area (Å²) in [6.07, 6.45) is 0.834. The van der Waals surface area contributed by atoms with Crippen LogP contribution < -0.4 is 5.32 Å². The summed E-state index contributed by atoms with van der Waals surface area (Å²) in [5.41, 5.74) is 1.48. The largest absolute Gasteiger partial charge is 0.396 e. The lowest BCUT2D eigenvalue weighted by atomic mass is 9.94. The van der Waals surface area contributed by atoms with Gasteiger partial charge in [0.25, 0.3) is 0 Å². The lowest BCUT2D eigenvalue weighted by Crippen LogP contribution is -2.62. The fraction of sp³-hybridized carbons (Fsp3) is 0.625. The smallest absolute Gasteiger partial charge is 0.0446 e. The van der Waals surface area contributed by atoms with Crippen LogP contribution in [0, 0.1) is 0 Å². The molecule has 1 aromatic rings. The molecule has 0 saturated carbocycles. The first-order chi connectivity index (χ1) is 9.03. The second kappa shape index (κ2) is 6.04. The topological polar surface area (TPSA) is 35.5 Å². The summed E-state index contributed by atoms with van der Waals surface area (Å²) < 4.78 is 0. The third kappa shape index (κ3) is 3.56. The number of hydrogen-bond acceptors (Lipinski definition) is 3. The van der Waals surface area contributed by atoms with E-state index in [4.69, 9.17) is 0 Å². The fourth-order valence-electron chi connectivity index (χ4n) is 2.95. The Hall–Kier alpha value is -0.900. The number of aliphatic hydroxyl groups is 1. The predicted molar refractivity (Wildman–Crippen MR) is 79.1 cm³/mol. The van der Waals surface area contributed by atoms with Gasteiger partial charge in [-0.2, -0.15) is 0 Å². The molecule has 2 atom stereocenters. The number of nitrogens with zero attached hydrogens (tertiary/aromatic N) is 1. The lowest BCUT2D eigenvalue weighted by molar-refractivity contribution is 0.0464. The summed E-state index contributed by atoms with van der Waals surface area (Å²) in [7, 11) is 0. The molecule has 2 rings (SSSR count). The molecule has 1 fully saturated rings. The highest BCUT2D eigenvalue weighted by atomic mass is 16.3. The molecular formula is C16H26N2O. The number of piperazine rings is 1. The van der Waals surface area contributed by atoms with Crippen LogP contribution in [-0.2, 0) is 0 Å². The molecule has 1 aliphatic heterocycles. The van der Waals surface area contributed by atoms with Gasteiger partial charge in [-0.3, -0.25) is 4.90 Å². The molecule has 0 bridgehead atoms. The van der Waals surface area contributed by atoms with Crippen molar-refractivity contribution in [2.75, 3.05) is 19.7 Å². The predicted octanol–water partition coefficient (Wildman–Crippen LogP) is 2.18. The minimum Gasteiger partial charge on any atom is -0.396 e. The van der Waals surface area contributed by atoms with Gasteiger partial charge in [0.15, 0.2) is 0 Å². The molecule has 19 heavy (non-hydrogen) atoms. The van der Waals surface area contributed by atoms with Crippen molar-refractivity contribution in [2.45, 2.75) is 44.8 Å². The van der Waals surface area contributed by atoms with Crippen molar-refractivity contribution in [3.8, 4) is 0 Å². The van der Waals surface area contributed by atoms with Crippen LogP contribution in [0.3, 0.4) is 0 Å². The van der Waals surface area contributed by atoms with Crippen molar-refractivity contribution < 1.29 is 5.11 Å². The second-order valence-electron chi connectivity index (χ2n) is 6.19. The number of aliphatic hydroxyl groups excluding tert-OH is 1. The first kappa shape index (κ1) is 14.5. The molecule has 2 N–H and O–H groups in total. The van der Waals surface area contributed by atoms with Gasteiger partial charge in [0.05, 0.1) is 0 Å². The summed E-state index contributed by atoms with van der Waals surface area (Å²) in [5, 5.41) is 12.8. The van der Waals surface area contributed by atoms with E-state index in [2.05, 4.69) is 61.3 Å². The van der Waals surface area contributed by atoms with Gasteiger partial charge in [-0.05, 0) is 32.8 Å². The normalized spacial score (nSPS) is 25.2. The van der Waals surface area contributed by atoms with E-state index < -0.39 is 0 Å². The molecule has 0 aliphatic carbocycles. The highest BCUT2D eigenvalue weighted by Gasteiger charge is 2.34. The SMILES string of the molecule is CC(c1ccccc1)N1CC(C)(C)NCC1CCO. The molecule has 2 unspecified atom stereocenters. The van der Waals surface area contributed by atoms with Crippen LogP contribution >= 0.6 is 0 Å². The van der Waals surface area contributed by atoms with Crippen molar-refractivity contribution >= 4 is 0 Å². The fourth-order valence-corrected chi connectivity index (χ4v) is 2.95. The van der Waals surface area contributed by atoms with Crippen molar-refractivity contribution in [2.24, 2.45) is 0 Å². The minimum atomic E-state index is 0.134. The van der Waals surface area contributed by atoms with E-state index >= 15 is 0 Å². The molecule has 1 heterocycles. The number of rotatable bonds is 4. The molecule has 1 aliphatic rings. The molecule has 0 amide bonds. The Kier molecular flexibility index (Phi) is 4.61. The average molecular weight is 262 g/mol. The van der Waals surface area contributed by atoms with E-state index in [0.29, 0.717) is 12.1 Å². The molecule has 1 saturated heterocycles. The Morgan fingerprint density at radius 2 is 2.05 bits per heavy atom.